The van der Waals surface area contributed by atoms with Crippen LogP contribution in [0.2, 0.25) is 0 Å². The van der Waals surface area contributed by atoms with Crippen molar-refractivity contribution in [2.75, 3.05) is 0 Å². The third kappa shape index (κ3) is 7.21. The van der Waals surface area contributed by atoms with Crippen molar-refractivity contribution in [2.24, 2.45) is 5.41 Å². The van der Waals surface area contributed by atoms with E-state index in [9.17, 15) is 9.90 Å². The SMILES string of the molecule is CC(C)(C)/C=C/C(=O)[O-]. The minimum Gasteiger partial charge on any atom is -0.545 e. The first kappa shape index (κ1) is 8.21. The summed E-state index contributed by atoms with van der Waals surface area (Å²) in [7, 11) is 0. The first-order valence-corrected chi connectivity index (χ1v) is 2.82. The highest BCUT2D eigenvalue weighted by molar-refractivity contribution is 5.77. The summed E-state index contributed by atoms with van der Waals surface area (Å²) in [5.41, 5.74) is -0.0694. The van der Waals surface area contributed by atoms with Gasteiger partial charge >= 0.3 is 0 Å². The maximum Gasteiger partial charge on any atom is 0.0639 e. The van der Waals surface area contributed by atoms with Gasteiger partial charge in [-0.1, -0.05) is 26.8 Å². The molecule has 0 rings (SSSR count). The summed E-state index contributed by atoms with van der Waals surface area (Å²) in [4.78, 5) is 9.85. The van der Waals surface area contributed by atoms with Crippen LogP contribution < -0.4 is 5.11 Å². The molecule has 0 fully saturated rings. The lowest BCUT2D eigenvalue weighted by molar-refractivity contribution is -0.297. The second-order valence-electron chi connectivity index (χ2n) is 3.02. The molecule has 0 unspecified atom stereocenters. The minimum atomic E-state index is -1.13. The molecule has 0 atom stereocenters. The van der Waals surface area contributed by atoms with Crippen LogP contribution in [0.1, 0.15) is 20.8 Å². The van der Waals surface area contributed by atoms with Crippen molar-refractivity contribution in [3.8, 4) is 0 Å². The van der Waals surface area contributed by atoms with Gasteiger partial charge in [-0.15, -0.1) is 0 Å². The molecule has 0 amide bonds. The fourth-order valence-corrected chi connectivity index (χ4v) is 0.318. The van der Waals surface area contributed by atoms with Crippen molar-refractivity contribution in [1.29, 1.82) is 0 Å². The number of carboxylic acids is 1. The van der Waals surface area contributed by atoms with Crippen LogP contribution >= 0.6 is 0 Å². The normalized spacial score (nSPS) is 12.3. The maximum atomic E-state index is 9.85. The Hall–Kier alpha value is -0.790. The molecule has 0 spiro atoms. The average molecular weight is 127 g/mol. The van der Waals surface area contributed by atoms with Crippen molar-refractivity contribution >= 4 is 5.97 Å². The van der Waals surface area contributed by atoms with Crippen LogP contribution in [0, 0.1) is 5.41 Å². The zero-order valence-corrected chi connectivity index (χ0v) is 5.97. The second kappa shape index (κ2) is 2.67. The molecule has 0 aromatic heterocycles. The minimum absolute atomic E-state index is 0.0694. The van der Waals surface area contributed by atoms with E-state index in [-0.39, 0.29) is 5.41 Å². The Morgan fingerprint density at radius 2 is 1.89 bits per heavy atom. The molecule has 0 aromatic rings. The largest absolute Gasteiger partial charge is 0.545 e. The van der Waals surface area contributed by atoms with Crippen LogP contribution in [-0.4, -0.2) is 5.97 Å². The van der Waals surface area contributed by atoms with Gasteiger partial charge in [-0.3, -0.25) is 0 Å². The van der Waals surface area contributed by atoms with E-state index in [0.29, 0.717) is 0 Å². The summed E-state index contributed by atoms with van der Waals surface area (Å²) in [5.74, 6) is -1.13. The van der Waals surface area contributed by atoms with Crippen LogP contribution in [0.4, 0.5) is 0 Å². The lowest BCUT2D eigenvalue weighted by atomic mass is 9.96. The Morgan fingerprint density at radius 3 is 2.00 bits per heavy atom. The summed E-state index contributed by atoms with van der Waals surface area (Å²) in [6.07, 6.45) is 2.66. The zero-order valence-electron chi connectivity index (χ0n) is 5.97. The van der Waals surface area contributed by atoms with Gasteiger partial charge in [0.15, 0.2) is 0 Å². The molecule has 0 bridgehead atoms. The van der Waals surface area contributed by atoms with Gasteiger partial charge in [-0.05, 0) is 11.5 Å². The van der Waals surface area contributed by atoms with Gasteiger partial charge in [0.1, 0.15) is 0 Å². The van der Waals surface area contributed by atoms with E-state index in [0.717, 1.165) is 6.08 Å². The molecule has 2 heteroatoms. The topological polar surface area (TPSA) is 40.1 Å². The quantitative estimate of drug-likeness (QED) is 0.476. The lowest BCUT2D eigenvalue weighted by Crippen LogP contribution is -2.19. The molecule has 0 saturated carbocycles. The van der Waals surface area contributed by atoms with Gasteiger partial charge in [0, 0.05) is 0 Å². The average Bonchev–Trinajstić information content (AvgIpc) is 1.59. The summed E-state index contributed by atoms with van der Waals surface area (Å²) < 4.78 is 0. The highest BCUT2D eigenvalue weighted by atomic mass is 16.4. The maximum absolute atomic E-state index is 9.85. The highest BCUT2D eigenvalue weighted by Crippen LogP contribution is 2.13. The van der Waals surface area contributed by atoms with Crippen LogP contribution in [0.3, 0.4) is 0 Å². The van der Waals surface area contributed by atoms with Gasteiger partial charge in [0.2, 0.25) is 0 Å². The number of allylic oxidation sites excluding steroid dienone is 1. The smallest absolute Gasteiger partial charge is 0.0639 e. The van der Waals surface area contributed by atoms with Crippen molar-refractivity contribution in [1.82, 2.24) is 0 Å². The predicted octanol–water partition coefficient (Wildman–Crippen LogP) is 0.339. The third-order valence-corrected chi connectivity index (χ3v) is 0.719. The van der Waals surface area contributed by atoms with Gasteiger partial charge in [0.25, 0.3) is 0 Å². The van der Waals surface area contributed by atoms with E-state index in [4.69, 9.17) is 0 Å². The van der Waals surface area contributed by atoms with E-state index < -0.39 is 5.97 Å². The molecule has 2 nitrogen and oxygen atoms in total. The second-order valence-corrected chi connectivity index (χ2v) is 3.02. The molecule has 0 saturated heterocycles. The van der Waals surface area contributed by atoms with Crippen LogP contribution in [-0.2, 0) is 4.79 Å². The molecular formula is C7H11O2-. The molecule has 52 valence electrons. The van der Waals surface area contributed by atoms with Gasteiger partial charge in [-0.2, -0.15) is 0 Å². The molecular weight excluding hydrogens is 116 g/mol. The Kier molecular flexibility index (Phi) is 2.43. The van der Waals surface area contributed by atoms with E-state index in [1.165, 1.54) is 0 Å². The highest BCUT2D eigenvalue weighted by Gasteiger charge is 2.02. The first-order valence-electron chi connectivity index (χ1n) is 2.82. The van der Waals surface area contributed by atoms with Crippen molar-refractivity contribution in [3.63, 3.8) is 0 Å². The number of hydrogen-bond donors (Lipinski definition) is 0. The molecule has 0 radical (unpaired) electrons. The molecule has 9 heavy (non-hydrogen) atoms. The van der Waals surface area contributed by atoms with Gasteiger partial charge in [0.05, 0.1) is 5.97 Å². The third-order valence-electron chi connectivity index (χ3n) is 0.719. The van der Waals surface area contributed by atoms with Crippen molar-refractivity contribution < 1.29 is 9.90 Å². The summed E-state index contributed by atoms with van der Waals surface area (Å²) in [6.45, 7) is 5.77. The molecule has 0 N–H and O–H groups in total. The number of rotatable bonds is 1. The number of carbonyl (C=O) groups is 1. The van der Waals surface area contributed by atoms with E-state index in [2.05, 4.69) is 0 Å². The number of aliphatic carboxylic acids is 1. The summed E-state index contributed by atoms with van der Waals surface area (Å²) in [5, 5.41) is 9.85. The number of carbonyl (C=O) groups excluding carboxylic acids is 1. The van der Waals surface area contributed by atoms with E-state index in [1.54, 1.807) is 6.08 Å². The fraction of sp³-hybridized carbons (Fsp3) is 0.571. The van der Waals surface area contributed by atoms with E-state index >= 15 is 0 Å². The molecule has 0 aromatic carbocycles. The Bertz CT molecular complexity index is 128. The van der Waals surface area contributed by atoms with E-state index in [1.807, 2.05) is 20.8 Å². The standard InChI is InChI=1S/C7H12O2/c1-7(2,3)5-4-6(8)9/h4-5H,1-3H3,(H,8,9)/p-1/b5-4+. The Balaban J connectivity index is 3.86. The first-order chi connectivity index (χ1) is 3.92. The molecule has 0 aliphatic rings. The van der Waals surface area contributed by atoms with Crippen LogP contribution in [0.5, 0.6) is 0 Å². The summed E-state index contributed by atoms with van der Waals surface area (Å²) >= 11 is 0. The van der Waals surface area contributed by atoms with Crippen LogP contribution in [0.25, 0.3) is 0 Å². The van der Waals surface area contributed by atoms with Gasteiger partial charge < -0.3 is 9.90 Å². The van der Waals surface area contributed by atoms with Crippen LogP contribution in [0.15, 0.2) is 12.2 Å². The molecule has 0 heterocycles. The molecule has 0 aliphatic carbocycles. The summed E-state index contributed by atoms with van der Waals surface area (Å²) in [6, 6.07) is 0. The van der Waals surface area contributed by atoms with Crippen molar-refractivity contribution in [3.05, 3.63) is 12.2 Å². The Labute approximate surface area is 55.2 Å². The Morgan fingerprint density at radius 1 is 1.44 bits per heavy atom. The fourth-order valence-electron chi connectivity index (χ4n) is 0.318. The molecule has 0 aliphatic heterocycles. The predicted molar refractivity (Wildman–Crippen MR) is 33.6 cm³/mol. The zero-order chi connectivity index (χ0) is 7.49. The van der Waals surface area contributed by atoms with Crippen molar-refractivity contribution in [2.45, 2.75) is 20.8 Å². The monoisotopic (exact) mass is 127 g/mol. The number of carboxylic acid groups (broad SMARTS) is 1. The number of hydrogen-bond acceptors (Lipinski definition) is 2. The van der Waals surface area contributed by atoms with Gasteiger partial charge in [-0.25, -0.2) is 0 Å². The lowest BCUT2D eigenvalue weighted by Gasteiger charge is -2.10.